The van der Waals surface area contributed by atoms with Gasteiger partial charge in [-0.3, -0.25) is 0 Å². The molecule has 74 valence electrons. The maximum absolute atomic E-state index is 12.4. The van der Waals surface area contributed by atoms with Crippen LogP contribution in [0.1, 0.15) is 20.3 Å². The Balaban J connectivity index is 4.09. The Morgan fingerprint density at radius 2 is 1.67 bits per heavy atom. The van der Waals surface area contributed by atoms with E-state index in [2.05, 4.69) is 0 Å². The van der Waals surface area contributed by atoms with Gasteiger partial charge in [0, 0.05) is 0 Å². The second-order valence-electron chi connectivity index (χ2n) is 3.58. The molecule has 0 aromatic heterocycles. The molecule has 0 spiro atoms. The molecular formula is C7H13F4N. The first-order valence-corrected chi connectivity index (χ1v) is 3.60. The quantitative estimate of drug-likeness (QED) is 0.674. The Morgan fingerprint density at radius 1 is 1.25 bits per heavy atom. The van der Waals surface area contributed by atoms with Crippen LogP contribution in [0.4, 0.5) is 17.6 Å². The van der Waals surface area contributed by atoms with Gasteiger partial charge in [0.2, 0.25) is 0 Å². The van der Waals surface area contributed by atoms with Crippen molar-refractivity contribution >= 4 is 0 Å². The van der Waals surface area contributed by atoms with Crippen LogP contribution in [0.5, 0.6) is 0 Å². The zero-order valence-corrected chi connectivity index (χ0v) is 7.08. The Labute approximate surface area is 68.9 Å². The Morgan fingerprint density at radius 3 is 1.92 bits per heavy atom. The average molecular weight is 187 g/mol. The van der Waals surface area contributed by atoms with E-state index in [4.69, 9.17) is 5.73 Å². The molecule has 1 nitrogen and oxygen atoms in total. The molecule has 0 saturated carbocycles. The summed E-state index contributed by atoms with van der Waals surface area (Å²) >= 11 is 0. The molecule has 0 heterocycles. The van der Waals surface area contributed by atoms with Gasteiger partial charge in [0.15, 0.2) is 6.17 Å². The highest BCUT2D eigenvalue weighted by Crippen LogP contribution is 2.32. The maximum Gasteiger partial charge on any atom is 0.419 e. The van der Waals surface area contributed by atoms with Crippen molar-refractivity contribution < 1.29 is 17.6 Å². The third kappa shape index (κ3) is 3.90. The minimum Gasteiger partial charge on any atom is -0.330 e. The highest BCUT2D eigenvalue weighted by atomic mass is 19.4. The lowest BCUT2D eigenvalue weighted by Gasteiger charge is -2.25. The molecule has 1 unspecified atom stereocenters. The number of hydrogen-bond donors (Lipinski definition) is 1. The molecule has 0 aliphatic heterocycles. The van der Waals surface area contributed by atoms with Crippen molar-refractivity contribution in [2.75, 3.05) is 6.54 Å². The van der Waals surface area contributed by atoms with Crippen LogP contribution in [0.2, 0.25) is 0 Å². The number of halogens is 4. The summed E-state index contributed by atoms with van der Waals surface area (Å²) < 4.78 is 47.5. The second kappa shape index (κ2) is 3.60. The van der Waals surface area contributed by atoms with E-state index >= 15 is 0 Å². The Hall–Kier alpha value is -0.320. The molecule has 0 fully saturated rings. The van der Waals surface area contributed by atoms with Crippen LogP contribution in [0.3, 0.4) is 0 Å². The summed E-state index contributed by atoms with van der Waals surface area (Å²) in [5.41, 5.74) is 4.37. The van der Waals surface area contributed by atoms with Crippen molar-refractivity contribution in [2.24, 2.45) is 11.1 Å². The van der Waals surface area contributed by atoms with Gasteiger partial charge in [-0.2, -0.15) is 13.2 Å². The first-order valence-electron chi connectivity index (χ1n) is 3.60. The lowest BCUT2D eigenvalue weighted by molar-refractivity contribution is -0.187. The number of rotatable bonds is 3. The van der Waals surface area contributed by atoms with Crippen LogP contribution < -0.4 is 5.73 Å². The van der Waals surface area contributed by atoms with E-state index in [0.29, 0.717) is 0 Å². The summed E-state index contributed by atoms with van der Waals surface area (Å²) in [6.45, 7) is 3.06. The molecule has 2 N–H and O–H groups in total. The molecule has 0 saturated heterocycles. The number of hydrogen-bond acceptors (Lipinski definition) is 1. The van der Waals surface area contributed by atoms with Gasteiger partial charge in [-0.05, 0) is 18.4 Å². The fourth-order valence-corrected chi connectivity index (χ4v) is 0.684. The fraction of sp³-hybridized carbons (Fsp3) is 1.00. The summed E-state index contributed by atoms with van der Waals surface area (Å²) in [4.78, 5) is 0. The first-order chi connectivity index (χ1) is 5.19. The molecule has 12 heavy (non-hydrogen) atoms. The summed E-state index contributed by atoms with van der Waals surface area (Å²) in [6, 6.07) is 0. The van der Waals surface area contributed by atoms with Crippen molar-refractivity contribution in [1.82, 2.24) is 0 Å². The van der Waals surface area contributed by atoms with Crippen molar-refractivity contribution in [3.8, 4) is 0 Å². The van der Waals surface area contributed by atoms with Crippen LogP contribution in [-0.4, -0.2) is 18.9 Å². The largest absolute Gasteiger partial charge is 0.419 e. The molecule has 0 aromatic rings. The van der Waals surface area contributed by atoms with E-state index in [1.54, 1.807) is 0 Å². The fourth-order valence-electron chi connectivity index (χ4n) is 0.684. The van der Waals surface area contributed by atoms with Crippen molar-refractivity contribution in [1.29, 1.82) is 0 Å². The van der Waals surface area contributed by atoms with Crippen LogP contribution in [0.25, 0.3) is 0 Å². The summed E-state index contributed by atoms with van der Waals surface area (Å²) in [5, 5.41) is 0. The molecule has 1 atom stereocenters. The highest BCUT2D eigenvalue weighted by Gasteiger charge is 2.42. The maximum atomic E-state index is 12.4. The minimum absolute atomic E-state index is 0.0451. The van der Waals surface area contributed by atoms with Gasteiger partial charge < -0.3 is 5.73 Å². The average Bonchev–Trinajstić information content (AvgIpc) is 1.85. The molecule has 0 radical (unpaired) electrons. The Kier molecular flexibility index (Phi) is 3.50. The van der Waals surface area contributed by atoms with Crippen molar-refractivity contribution in [3.05, 3.63) is 0 Å². The summed E-state index contributed by atoms with van der Waals surface area (Å²) in [7, 11) is 0. The monoisotopic (exact) mass is 187 g/mol. The van der Waals surface area contributed by atoms with Gasteiger partial charge in [-0.1, -0.05) is 13.8 Å². The van der Waals surface area contributed by atoms with E-state index < -0.39 is 24.2 Å². The molecule has 0 rings (SSSR count). The van der Waals surface area contributed by atoms with Gasteiger partial charge in [0.1, 0.15) is 0 Å². The number of alkyl halides is 4. The van der Waals surface area contributed by atoms with Crippen molar-refractivity contribution in [2.45, 2.75) is 32.6 Å². The topological polar surface area (TPSA) is 26.0 Å². The van der Waals surface area contributed by atoms with Crippen LogP contribution in [-0.2, 0) is 0 Å². The SMILES string of the molecule is CC(C)(CN)CC(F)C(F)(F)F. The third-order valence-electron chi connectivity index (χ3n) is 1.64. The molecule has 0 amide bonds. The van der Waals surface area contributed by atoms with Gasteiger partial charge in [0.05, 0.1) is 0 Å². The molecule has 0 aliphatic carbocycles. The van der Waals surface area contributed by atoms with E-state index in [0.717, 1.165) is 0 Å². The van der Waals surface area contributed by atoms with E-state index in [1.807, 2.05) is 0 Å². The van der Waals surface area contributed by atoms with E-state index in [-0.39, 0.29) is 6.54 Å². The van der Waals surface area contributed by atoms with Crippen LogP contribution in [0, 0.1) is 5.41 Å². The Bertz CT molecular complexity index is 141. The molecule has 5 heteroatoms. The highest BCUT2D eigenvalue weighted by molar-refractivity contribution is 4.77. The minimum atomic E-state index is -4.76. The van der Waals surface area contributed by atoms with Crippen molar-refractivity contribution in [3.63, 3.8) is 0 Å². The van der Waals surface area contributed by atoms with Crippen LogP contribution >= 0.6 is 0 Å². The lowest BCUT2D eigenvalue weighted by atomic mass is 9.87. The lowest BCUT2D eigenvalue weighted by Crippen LogP contribution is -2.34. The third-order valence-corrected chi connectivity index (χ3v) is 1.64. The second-order valence-corrected chi connectivity index (χ2v) is 3.58. The standard InChI is InChI=1S/C7H13F4N/c1-6(2,4-12)3-5(8)7(9,10)11/h5H,3-4,12H2,1-2H3. The van der Waals surface area contributed by atoms with Gasteiger partial charge >= 0.3 is 6.18 Å². The zero-order valence-electron chi connectivity index (χ0n) is 7.08. The van der Waals surface area contributed by atoms with Gasteiger partial charge in [0.25, 0.3) is 0 Å². The number of nitrogens with two attached hydrogens (primary N) is 1. The predicted octanol–water partition coefficient (Wildman–Crippen LogP) is 2.26. The summed E-state index contributed by atoms with van der Waals surface area (Å²) in [6.07, 6.45) is -8.10. The molecule has 0 aliphatic rings. The van der Waals surface area contributed by atoms with Gasteiger partial charge in [-0.25, -0.2) is 4.39 Å². The predicted molar refractivity (Wildman–Crippen MR) is 38.4 cm³/mol. The van der Waals surface area contributed by atoms with Gasteiger partial charge in [-0.15, -0.1) is 0 Å². The normalized spacial score (nSPS) is 16.2. The van der Waals surface area contributed by atoms with E-state index in [9.17, 15) is 17.6 Å². The molecular weight excluding hydrogens is 174 g/mol. The smallest absolute Gasteiger partial charge is 0.330 e. The van der Waals surface area contributed by atoms with E-state index in [1.165, 1.54) is 13.8 Å². The first kappa shape index (κ1) is 11.7. The summed E-state index contributed by atoms with van der Waals surface area (Å²) in [5.74, 6) is 0. The zero-order chi connectivity index (χ0) is 9.99. The van der Waals surface area contributed by atoms with Crippen LogP contribution in [0.15, 0.2) is 0 Å². The molecule has 0 aromatic carbocycles. The molecule has 0 bridgehead atoms.